The van der Waals surface area contributed by atoms with Crippen molar-refractivity contribution in [3.63, 3.8) is 0 Å². The van der Waals surface area contributed by atoms with E-state index in [1.165, 1.54) is 12.1 Å². The second kappa shape index (κ2) is 5.83. The lowest BCUT2D eigenvalue weighted by Crippen LogP contribution is -2.07. The molecule has 0 radical (unpaired) electrons. The van der Waals surface area contributed by atoms with Gasteiger partial charge in [0.05, 0.1) is 12.2 Å². The minimum atomic E-state index is -0.539. The number of aliphatic hydroxyl groups excluding tert-OH is 1. The summed E-state index contributed by atoms with van der Waals surface area (Å²) in [7, 11) is 1.65. The van der Waals surface area contributed by atoms with Crippen molar-refractivity contribution in [1.29, 1.82) is 0 Å². The molecule has 0 fully saturated rings. The van der Waals surface area contributed by atoms with Crippen molar-refractivity contribution in [2.45, 2.75) is 32.0 Å². The fourth-order valence-electron chi connectivity index (χ4n) is 1.36. The lowest BCUT2D eigenvalue weighted by Gasteiger charge is -2.14. The molecule has 1 rings (SSSR count). The summed E-state index contributed by atoms with van der Waals surface area (Å²) in [6, 6.07) is 5.94. The molecule has 0 aliphatic heterocycles. The Kier molecular flexibility index (Phi) is 4.72. The molecule has 0 aromatic heterocycles. The van der Waals surface area contributed by atoms with Crippen molar-refractivity contribution >= 4 is 0 Å². The average Bonchev–Trinajstić information content (AvgIpc) is 2.26. The Bertz CT molecular complexity index is 284. The highest BCUT2D eigenvalue weighted by Gasteiger charge is 2.09. The summed E-state index contributed by atoms with van der Waals surface area (Å²) in [6.07, 6.45) is 1.01. The van der Waals surface area contributed by atoms with E-state index in [2.05, 4.69) is 0 Å². The molecule has 0 aliphatic carbocycles. The third-order valence-corrected chi connectivity index (χ3v) is 2.50. The second-order valence-electron chi connectivity index (χ2n) is 3.69. The number of hydrogen-bond acceptors (Lipinski definition) is 2. The first kappa shape index (κ1) is 12.1. The number of hydrogen-bond donors (Lipinski definition) is 1. The van der Waals surface area contributed by atoms with Crippen LogP contribution in [0.2, 0.25) is 0 Å². The predicted octanol–water partition coefficient (Wildman–Crippen LogP) is 2.67. The number of rotatable bonds is 5. The summed E-state index contributed by atoms with van der Waals surface area (Å²) >= 11 is 0. The number of ether oxygens (including phenoxy) is 1. The minimum Gasteiger partial charge on any atom is -0.388 e. The van der Waals surface area contributed by atoms with Gasteiger partial charge in [0, 0.05) is 7.11 Å². The van der Waals surface area contributed by atoms with Gasteiger partial charge >= 0.3 is 0 Å². The zero-order chi connectivity index (χ0) is 11.3. The normalized spacial score (nSPS) is 14.9. The van der Waals surface area contributed by atoms with Gasteiger partial charge in [-0.05, 0) is 37.5 Å². The van der Waals surface area contributed by atoms with E-state index in [-0.39, 0.29) is 11.9 Å². The van der Waals surface area contributed by atoms with Gasteiger partial charge in [-0.1, -0.05) is 12.1 Å². The van der Waals surface area contributed by atoms with E-state index in [1.807, 2.05) is 6.92 Å². The third-order valence-electron chi connectivity index (χ3n) is 2.50. The van der Waals surface area contributed by atoms with Gasteiger partial charge in [-0.15, -0.1) is 0 Å². The molecule has 0 bridgehead atoms. The largest absolute Gasteiger partial charge is 0.388 e. The molecule has 1 aromatic rings. The van der Waals surface area contributed by atoms with E-state index in [9.17, 15) is 9.50 Å². The maximum absolute atomic E-state index is 12.6. The summed E-state index contributed by atoms with van der Waals surface area (Å²) in [6.45, 7) is 1.96. The van der Waals surface area contributed by atoms with Crippen molar-refractivity contribution in [1.82, 2.24) is 0 Å². The Morgan fingerprint density at radius 1 is 1.27 bits per heavy atom. The molecule has 0 aliphatic rings. The molecular weight excluding hydrogens is 195 g/mol. The Labute approximate surface area is 89.7 Å². The van der Waals surface area contributed by atoms with Crippen molar-refractivity contribution in [3.05, 3.63) is 35.6 Å². The molecule has 2 nitrogen and oxygen atoms in total. The van der Waals surface area contributed by atoms with Crippen LogP contribution in [0.4, 0.5) is 4.39 Å². The van der Waals surface area contributed by atoms with E-state index in [4.69, 9.17) is 4.74 Å². The molecule has 2 unspecified atom stereocenters. The van der Waals surface area contributed by atoms with Crippen LogP contribution < -0.4 is 0 Å². The molecule has 1 N–H and O–H groups in total. The maximum Gasteiger partial charge on any atom is 0.123 e. The van der Waals surface area contributed by atoms with Crippen LogP contribution in [-0.4, -0.2) is 18.3 Å². The van der Waals surface area contributed by atoms with Gasteiger partial charge in [-0.25, -0.2) is 4.39 Å². The average molecular weight is 212 g/mol. The fraction of sp³-hybridized carbons (Fsp3) is 0.500. The Balaban J connectivity index is 2.46. The van der Waals surface area contributed by atoms with Crippen LogP contribution in [0.25, 0.3) is 0 Å². The summed E-state index contributed by atoms with van der Waals surface area (Å²) in [5, 5.41) is 9.78. The second-order valence-corrected chi connectivity index (χ2v) is 3.69. The molecule has 2 atom stereocenters. The van der Waals surface area contributed by atoms with Crippen LogP contribution in [0.3, 0.4) is 0 Å². The number of halogens is 1. The van der Waals surface area contributed by atoms with Crippen molar-refractivity contribution in [3.8, 4) is 0 Å². The van der Waals surface area contributed by atoms with E-state index < -0.39 is 6.10 Å². The highest BCUT2D eigenvalue weighted by Crippen LogP contribution is 2.19. The van der Waals surface area contributed by atoms with Crippen LogP contribution >= 0.6 is 0 Å². The molecule has 0 amide bonds. The lowest BCUT2D eigenvalue weighted by molar-refractivity contribution is 0.0851. The van der Waals surface area contributed by atoms with Gasteiger partial charge in [0.1, 0.15) is 5.82 Å². The third kappa shape index (κ3) is 3.98. The molecule has 15 heavy (non-hydrogen) atoms. The summed E-state index contributed by atoms with van der Waals surface area (Å²) in [5.41, 5.74) is 0.750. The SMILES string of the molecule is COC(C)CCC(O)c1ccc(F)cc1. The zero-order valence-corrected chi connectivity index (χ0v) is 9.11. The molecule has 1 aromatic carbocycles. The first-order chi connectivity index (χ1) is 7.13. The molecule has 0 spiro atoms. The van der Waals surface area contributed by atoms with Crippen molar-refractivity contribution in [2.24, 2.45) is 0 Å². The highest BCUT2D eigenvalue weighted by atomic mass is 19.1. The highest BCUT2D eigenvalue weighted by molar-refractivity contribution is 5.18. The van der Waals surface area contributed by atoms with Crippen LogP contribution in [0.1, 0.15) is 31.4 Å². The van der Waals surface area contributed by atoms with Gasteiger partial charge in [0.25, 0.3) is 0 Å². The Hall–Kier alpha value is -0.930. The van der Waals surface area contributed by atoms with Crippen LogP contribution in [0.15, 0.2) is 24.3 Å². The lowest BCUT2D eigenvalue weighted by atomic mass is 10.0. The molecule has 0 saturated carbocycles. The van der Waals surface area contributed by atoms with Gasteiger partial charge < -0.3 is 9.84 Å². The first-order valence-electron chi connectivity index (χ1n) is 5.10. The van der Waals surface area contributed by atoms with Crippen molar-refractivity contribution < 1.29 is 14.2 Å². The minimum absolute atomic E-state index is 0.139. The summed E-state index contributed by atoms with van der Waals surface area (Å²) < 4.78 is 17.7. The van der Waals surface area contributed by atoms with Crippen LogP contribution in [0.5, 0.6) is 0 Å². The van der Waals surface area contributed by atoms with Gasteiger partial charge in [-0.3, -0.25) is 0 Å². The molecule has 0 heterocycles. The maximum atomic E-state index is 12.6. The topological polar surface area (TPSA) is 29.5 Å². The van der Waals surface area contributed by atoms with E-state index in [1.54, 1.807) is 19.2 Å². The van der Waals surface area contributed by atoms with E-state index in [0.29, 0.717) is 6.42 Å². The van der Waals surface area contributed by atoms with Gasteiger partial charge in [0.2, 0.25) is 0 Å². The summed E-state index contributed by atoms with van der Waals surface area (Å²) in [5.74, 6) is -0.281. The molecule has 3 heteroatoms. The summed E-state index contributed by atoms with van der Waals surface area (Å²) in [4.78, 5) is 0. The molecule has 84 valence electrons. The predicted molar refractivity (Wildman–Crippen MR) is 57.1 cm³/mol. The Morgan fingerprint density at radius 2 is 1.87 bits per heavy atom. The van der Waals surface area contributed by atoms with Crippen molar-refractivity contribution in [2.75, 3.05) is 7.11 Å². The molecular formula is C12H17FO2. The van der Waals surface area contributed by atoms with Crippen LogP contribution in [0, 0.1) is 5.82 Å². The zero-order valence-electron chi connectivity index (χ0n) is 9.11. The quantitative estimate of drug-likeness (QED) is 0.813. The Morgan fingerprint density at radius 3 is 2.40 bits per heavy atom. The van der Waals surface area contributed by atoms with Gasteiger partial charge in [0.15, 0.2) is 0 Å². The number of methoxy groups -OCH3 is 1. The van der Waals surface area contributed by atoms with Gasteiger partial charge in [-0.2, -0.15) is 0 Å². The van der Waals surface area contributed by atoms with E-state index in [0.717, 1.165) is 12.0 Å². The molecule has 0 saturated heterocycles. The smallest absolute Gasteiger partial charge is 0.123 e. The fourth-order valence-corrected chi connectivity index (χ4v) is 1.36. The monoisotopic (exact) mass is 212 g/mol. The number of aliphatic hydroxyl groups is 1. The number of benzene rings is 1. The first-order valence-corrected chi connectivity index (χ1v) is 5.10. The van der Waals surface area contributed by atoms with E-state index >= 15 is 0 Å². The van der Waals surface area contributed by atoms with Crippen LogP contribution in [-0.2, 0) is 4.74 Å². The standard InChI is InChI=1S/C12H17FO2/c1-9(15-2)3-8-12(14)10-4-6-11(13)7-5-10/h4-7,9,12,14H,3,8H2,1-2H3.